The van der Waals surface area contributed by atoms with Gasteiger partial charge in [-0.3, -0.25) is 9.59 Å². The quantitative estimate of drug-likeness (QED) is 0.0259. The molecule has 0 aliphatic carbocycles. The fourth-order valence-corrected chi connectivity index (χ4v) is 8.20. The van der Waals surface area contributed by atoms with Crippen LogP contribution >= 0.6 is 0 Å². The Bertz CT molecular complexity index is 1220. The number of hydrogen-bond acceptors (Lipinski definition) is 7. The number of nitrogens with zero attached hydrogens (tertiary/aromatic N) is 1. The van der Waals surface area contributed by atoms with Crippen molar-refractivity contribution in [3.8, 4) is 0 Å². The maximum absolute atomic E-state index is 12.8. The van der Waals surface area contributed by atoms with Crippen molar-refractivity contribution in [2.45, 2.75) is 264 Å². The lowest BCUT2D eigenvalue weighted by Crippen LogP contribution is -2.55. The molecular formula is C58H105NO7. The predicted octanol–water partition coefficient (Wildman–Crippen LogP) is 15.0. The van der Waals surface area contributed by atoms with Crippen LogP contribution in [0.1, 0.15) is 251 Å². The number of quaternary nitrogens is 1. The lowest BCUT2D eigenvalue weighted by atomic mass is 10.0. The summed E-state index contributed by atoms with van der Waals surface area (Å²) in [4.78, 5) is 37.1. The average Bonchev–Trinajstić information content (AvgIpc) is 3.28. The van der Waals surface area contributed by atoms with Gasteiger partial charge in [0.1, 0.15) is 12.6 Å². The van der Waals surface area contributed by atoms with Crippen LogP contribution in [0.15, 0.2) is 48.6 Å². The van der Waals surface area contributed by atoms with Crippen LogP contribution in [-0.2, 0) is 28.6 Å². The molecule has 0 bridgehead atoms. The van der Waals surface area contributed by atoms with Crippen LogP contribution in [0.5, 0.6) is 0 Å². The molecule has 0 aliphatic heterocycles. The van der Waals surface area contributed by atoms with Gasteiger partial charge >= 0.3 is 11.9 Å². The molecule has 0 amide bonds. The number of carboxylic acid groups (broad SMARTS) is 1. The van der Waals surface area contributed by atoms with Crippen molar-refractivity contribution in [1.29, 1.82) is 0 Å². The molecule has 0 saturated carbocycles. The number of likely N-dealkylation sites (N-methyl/N-ethyl adjacent to an activating group) is 1. The molecule has 0 saturated heterocycles. The first-order valence-electron chi connectivity index (χ1n) is 27.7. The normalized spacial score (nSPS) is 13.2. The van der Waals surface area contributed by atoms with Crippen LogP contribution in [0.4, 0.5) is 0 Å². The summed E-state index contributed by atoms with van der Waals surface area (Å²) >= 11 is 0. The van der Waals surface area contributed by atoms with E-state index in [0.29, 0.717) is 12.8 Å². The number of aliphatic carboxylic acids is 1. The van der Waals surface area contributed by atoms with Crippen molar-refractivity contribution in [2.24, 2.45) is 0 Å². The standard InChI is InChI=1S/C58H105NO7/c1-6-8-10-12-14-16-18-20-22-24-26-27-28-29-31-33-35-37-39-41-43-45-47-49-57(61)66-54(52-64-51-50-55(58(62)63)59(3,4)5)53-65-56(60)48-46-44-42-40-38-36-34-32-30-25-23-21-19-17-15-13-11-9-7-2/h9,11,15,17,21,23,29,31,54-55H,6-8,10,12-14,16,18-20,22,24-28,30,32-53H2,1-5H3/b11-9+,17-15+,23-21+,31-29+. The predicted molar refractivity (Wildman–Crippen MR) is 277 cm³/mol. The van der Waals surface area contributed by atoms with Gasteiger partial charge in [-0.1, -0.05) is 210 Å². The topological polar surface area (TPSA) is 102 Å². The van der Waals surface area contributed by atoms with E-state index in [1.807, 2.05) is 0 Å². The number of ether oxygens (including phenoxy) is 3. The van der Waals surface area contributed by atoms with Crippen LogP contribution in [0.3, 0.4) is 0 Å². The third kappa shape index (κ3) is 46.4. The maximum atomic E-state index is 12.8. The van der Waals surface area contributed by atoms with Gasteiger partial charge in [0.05, 0.1) is 40.3 Å². The number of carbonyl (C=O) groups excluding carboxylic acids is 3. The fourth-order valence-electron chi connectivity index (χ4n) is 8.20. The van der Waals surface area contributed by atoms with E-state index in [9.17, 15) is 19.5 Å². The SMILES string of the molecule is CC/C=C/C/C=C/C/C=C/CCCCCCCCCCCC(=O)OCC(COCCC(C(=O)[O-])[N+](C)(C)C)OC(=O)CCCCCCCCC/C=C/CCCCCCCCCCCCCC. The second-order valence-electron chi connectivity index (χ2n) is 19.8. The summed E-state index contributed by atoms with van der Waals surface area (Å²) in [6.07, 6.45) is 60.1. The van der Waals surface area contributed by atoms with E-state index < -0.39 is 18.1 Å². The van der Waals surface area contributed by atoms with Gasteiger partial charge in [-0.15, -0.1) is 0 Å². The van der Waals surface area contributed by atoms with Crippen LogP contribution in [0.2, 0.25) is 0 Å². The van der Waals surface area contributed by atoms with E-state index in [0.717, 1.165) is 64.2 Å². The van der Waals surface area contributed by atoms with E-state index in [-0.39, 0.29) is 42.7 Å². The molecule has 8 heteroatoms. The van der Waals surface area contributed by atoms with Gasteiger partial charge in [-0.2, -0.15) is 0 Å². The van der Waals surface area contributed by atoms with Gasteiger partial charge in [0.25, 0.3) is 0 Å². The first-order chi connectivity index (χ1) is 32.1. The highest BCUT2D eigenvalue weighted by molar-refractivity contribution is 5.70. The molecule has 2 unspecified atom stereocenters. The van der Waals surface area contributed by atoms with E-state index in [1.165, 1.54) is 154 Å². The summed E-state index contributed by atoms with van der Waals surface area (Å²) in [6.45, 7) is 4.58. The number of hydrogen-bond donors (Lipinski definition) is 0. The van der Waals surface area contributed by atoms with Crippen molar-refractivity contribution in [2.75, 3.05) is 41.0 Å². The van der Waals surface area contributed by atoms with E-state index in [1.54, 1.807) is 21.1 Å². The third-order valence-electron chi connectivity index (χ3n) is 12.4. The largest absolute Gasteiger partial charge is 0.544 e. The minimum atomic E-state index is -1.12. The Morgan fingerprint density at radius 3 is 1.27 bits per heavy atom. The second-order valence-corrected chi connectivity index (χ2v) is 19.8. The molecule has 66 heavy (non-hydrogen) atoms. The smallest absolute Gasteiger partial charge is 0.306 e. The Hall–Kier alpha value is -2.71. The van der Waals surface area contributed by atoms with E-state index in [2.05, 4.69) is 62.5 Å². The van der Waals surface area contributed by atoms with Gasteiger partial charge in [-0.25, -0.2) is 0 Å². The van der Waals surface area contributed by atoms with Crippen LogP contribution < -0.4 is 5.11 Å². The molecule has 0 aromatic carbocycles. The van der Waals surface area contributed by atoms with Crippen molar-refractivity contribution >= 4 is 17.9 Å². The highest BCUT2D eigenvalue weighted by Crippen LogP contribution is 2.16. The Kier molecular flexibility index (Phi) is 46.7. The number of carbonyl (C=O) groups is 3. The van der Waals surface area contributed by atoms with Gasteiger partial charge in [0.2, 0.25) is 0 Å². The lowest BCUT2D eigenvalue weighted by Gasteiger charge is -2.34. The zero-order valence-electron chi connectivity index (χ0n) is 43.9. The van der Waals surface area contributed by atoms with Gasteiger partial charge < -0.3 is 28.6 Å². The van der Waals surface area contributed by atoms with Gasteiger partial charge in [0.15, 0.2) is 6.10 Å². The minimum absolute atomic E-state index is 0.0379. The molecule has 0 N–H and O–H groups in total. The zero-order valence-corrected chi connectivity index (χ0v) is 43.9. The number of unbranched alkanes of at least 4 members (excludes halogenated alkanes) is 28. The number of esters is 2. The maximum Gasteiger partial charge on any atom is 0.306 e. The Morgan fingerprint density at radius 1 is 0.470 bits per heavy atom. The highest BCUT2D eigenvalue weighted by atomic mass is 16.6. The molecule has 0 radical (unpaired) electrons. The number of allylic oxidation sites excluding steroid dienone is 8. The first kappa shape index (κ1) is 63.3. The van der Waals surface area contributed by atoms with Gasteiger partial charge in [-0.05, 0) is 70.6 Å². The summed E-state index contributed by atoms with van der Waals surface area (Å²) in [5.41, 5.74) is 0. The molecule has 0 aliphatic rings. The van der Waals surface area contributed by atoms with Crippen LogP contribution in [0.25, 0.3) is 0 Å². The second kappa shape index (κ2) is 48.7. The molecule has 0 heterocycles. The van der Waals surface area contributed by atoms with Crippen LogP contribution in [0, 0.1) is 0 Å². The zero-order chi connectivity index (χ0) is 48.4. The highest BCUT2D eigenvalue weighted by Gasteiger charge is 2.25. The van der Waals surface area contributed by atoms with Crippen molar-refractivity contribution in [1.82, 2.24) is 0 Å². The average molecular weight is 928 g/mol. The third-order valence-corrected chi connectivity index (χ3v) is 12.4. The monoisotopic (exact) mass is 928 g/mol. The number of carboxylic acids is 1. The lowest BCUT2D eigenvalue weighted by molar-refractivity contribution is -0.889. The molecular weight excluding hydrogens is 823 g/mol. The fraction of sp³-hybridized carbons (Fsp3) is 0.810. The van der Waals surface area contributed by atoms with Crippen molar-refractivity contribution in [3.63, 3.8) is 0 Å². The molecule has 0 aromatic rings. The van der Waals surface area contributed by atoms with Crippen molar-refractivity contribution in [3.05, 3.63) is 48.6 Å². The molecule has 0 spiro atoms. The summed E-state index contributed by atoms with van der Waals surface area (Å²) in [5, 5.41) is 11.7. The summed E-state index contributed by atoms with van der Waals surface area (Å²) in [6, 6.07) is -0.729. The summed E-state index contributed by atoms with van der Waals surface area (Å²) in [5.74, 6) is -1.74. The Morgan fingerprint density at radius 2 is 0.848 bits per heavy atom. The summed E-state index contributed by atoms with van der Waals surface area (Å²) in [7, 11) is 5.42. The molecule has 2 atom stereocenters. The molecule has 0 rings (SSSR count). The first-order valence-corrected chi connectivity index (χ1v) is 27.7. The minimum Gasteiger partial charge on any atom is -0.544 e. The van der Waals surface area contributed by atoms with Crippen LogP contribution in [-0.4, -0.2) is 75.5 Å². The molecule has 0 aromatic heterocycles. The summed E-state index contributed by atoms with van der Waals surface area (Å²) < 4.78 is 17.3. The Labute approximate surface area is 407 Å². The van der Waals surface area contributed by atoms with Crippen molar-refractivity contribution < 1.29 is 38.2 Å². The van der Waals surface area contributed by atoms with E-state index in [4.69, 9.17) is 14.2 Å². The van der Waals surface area contributed by atoms with E-state index >= 15 is 0 Å². The molecule has 0 fully saturated rings. The Balaban J connectivity index is 4.19. The molecule has 384 valence electrons. The van der Waals surface area contributed by atoms with Gasteiger partial charge in [0, 0.05) is 19.3 Å². The molecule has 8 nitrogen and oxygen atoms in total. The number of rotatable bonds is 50.